The summed E-state index contributed by atoms with van der Waals surface area (Å²) in [5, 5.41) is 20.5. The molecule has 1 aliphatic heterocycles. The molecule has 1 fully saturated rings. The third-order valence-electron chi connectivity index (χ3n) is 6.27. The summed E-state index contributed by atoms with van der Waals surface area (Å²) in [6, 6.07) is 8.71. The number of rotatable bonds is 5. The molecule has 5 nitrogen and oxygen atoms in total. The maximum atomic E-state index is 11.2. The molecular formula is C26H39N3O2. The Morgan fingerprint density at radius 3 is 1.84 bits per heavy atom. The van der Waals surface area contributed by atoms with Crippen LogP contribution in [0.25, 0.3) is 0 Å². The van der Waals surface area contributed by atoms with E-state index in [1.807, 2.05) is 12.4 Å². The third kappa shape index (κ3) is 5.46. The number of aliphatic hydroxyl groups is 1. The molecule has 1 aromatic carbocycles. The number of phenols is 1. The van der Waals surface area contributed by atoms with Crippen LogP contribution in [0.3, 0.4) is 0 Å². The van der Waals surface area contributed by atoms with E-state index < -0.39 is 0 Å². The molecule has 1 aliphatic rings. The zero-order valence-electron chi connectivity index (χ0n) is 20.0. The highest BCUT2D eigenvalue weighted by atomic mass is 16.3. The Morgan fingerprint density at radius 2 is 1.39 bits per heavy atom. The van der Waals surface area contributed by atoms with Crippen molar-refractivity contribution in [1.82, 2.24) is 14.8 Å². The molecule has 0 aliphatic carbocycles. The van der Waals surface area contributed by atoms with E-state index in [4.69, 9.17) is 0 Å². The normalized spacial score (nSPS) is 17.6. The Hall–Kier alpha value is -1.95. The van der Waals surface area contributed by atoms with Crippen LogP contribution in [-0.4, -0.2) is 64.3 Å². The van der Waals surface area contributed by atoms with Crippen molar-refractivity contribution >= 4 is 0 Å². The number of pyridine rings is 1. The number of aliphatic hydroxyl groups excluding tert-OH is 1. The van der Waals surface area contributed by atoms with E-state index in [1.54, 1.807) is 0 Å². The van der Waals surface area contributed by atoms with Gasteiger partial charge in [0.25, 0.3) is 0 Å². The SMILES string of the molecule is CC(C)(C)c1cc(C(c2ccncc2)N2CCN(CCO)CC2)cc(C(C)(C)C)c1O. The average Bonchev–Trinajstić information content (AvgIpc) is 2.70. The van der Waals surface area contributed by atoms with E-state index >= 15 is 0 Å². The molecule has 31 heavy (non-hydrogen) atoms. The summed E-state index contributed by atoms with van der Waals surface area (Å²) in [5.41, 5.74) is 4.09. The van der Waals surface area contributed by atoms with Gasteiger partial charge in [-0.2, -0.15) is 0 Å². The van der Waals surface area contributed by atoms with Crippen molar-refractivity contribution in [2.24, 2.45) is 0 Å². The standard InChI is InChI=1S/C26H39N3O2/c1-25(2,3)21-17-20(18-22(24(21)31)26(4,5)6)23(19-7-9-27-10-8-19)29-13-11-28(12-14-29)15-16-30/h7-10,17-18,23,30-31H,11-16H2,1-6H3. The Morgan fingerprint density at radius 1 is 0.871 bits per heavy atom. The first kappa shape index (κ1) is 23.7. The Kier molecular flexibility index (Phi) is 7.09. The number of benzene rings is 1. The summed E-state index contributed by atoms with van der Waals surface area (Å²) in [7, 11) is 0. The molecule has 1 aromatic heterocycles. The summed E-state index contributed by atoms with van der Waals surface area (Å²) >= 11 is 0. The fraction of sp³-hybridized carbons (Fsp3) is 0.577. The highest BCUT2D eigenvalue weighted by Gasteiger charge is 2.31. The lowest BCUT2D eigenvalue weighted by atomic mass is 9.77. The molecule has 2 N–H and O–H groups in total. The van der Waals surface area contributed by atoms with E-state index in [2.05, 4.69) is 80.6 Å². The molecule has 0 bridgehead atoms. The molecular weight excluding hydrogens is 386 g/mol. The van der Waals surface area contributed by atoms with Gasteiger partial charge in [0.15, 0.2) is 0 Å². The van der Waals surface area contributed by atoms with Gasteiger partial charge in [0.05, 0.1) is 12.6 Å². The molecule has 2 aromatic rings. The molecule has 5 heteroatoms. The van der Waals surface area contributed by atoms with Crippen LogP contribution in [0, 0.1) is 0 Å². The molecule has 170 valence electrons. The van der Waals surface area contributed by atoms with Crippen LogP contribution >= 0.6 is 0 Å². The van der Waals surface area contributed by atoms with Crippen LogP contribution in [0.5, 0.6) is 5.75 Å². The number of aromatic hydroxyl groups is 1. The van der Waals surface area contributed by atoms with Gasteiger partial charge in [-0.1, -0.05) is 41.5 Å². The van der Waals surface area contributed by atoms with E-state index in [1.165, 1.54) is 11.1 Å². The maximum Gasteiger partial charge on any atom is 0.123 e. The van der Waals surface area contributed by atoms with Crippen molar-refractivity contribution in [3.05, 3.63) is 58.9 Å². The van der Waals surface area contributed by atoms with Crippen molar-refractivity contribution in [2.45, 2.75) is 58.4 Å². The minimum Gasteiger partial charge on any atom is -0.507 e. The minimum absolute atomic E-state index is 0.0991. The molecule has 1 atom stereocenters. The van der Waals surface area contributed by atoms with Crippen LogP contribution in [0.15, 0.2) is 36.7 Å². The van der Waals surface area contributed by atoms with Gasteiger partial charge in [0.1, 0.15) is 5.75 Å². The van der Waals surface area contributed by atoms with Crippen LogP contribution in [-0.2, 0) is 10.8 Å². The second-order valence-corrected chi connectivity index (χ2v) is 10.7. The van der Waals surface area contributed by atoms with Crippen LogP contribution in [0.4, 0.5) is 0 Å². The highest BCUT2D eigenvalue weighted by Crippen LogP contribution is 2.42. The first-order valence-electron chi connectivity index (χ1n) is 11.4. The number of phenolic OH excluding ortho intramolecular Hbond substituents is 1. The lowest BCUT2D eigenvalue weighted by molar-refractivity contribution is 0.0943. The lowest BCUT2D eigenvalue weighted by Crippen LogP contribution is -2.48. The molecule has 1 saturated heterocycles. The molecule has 3 rings (SSSR count). The maximum absolute atomic E-state index is 11.2. The monoisotopic (exact) mass is 425 g/mol. The van der Waals surface area contributed by atoms with E-state index in [0.717, 1.165) is 43.9 Å². The van der Waals surface area contributed by atoms with Crippen LogP contribution < -0.4 is 0 Å². The summed E-state index contributed by atoms with van der Waals surface area (Å²) in [6.45, 7) is 17.7. The van der Waals surface area contributed by atoms with Crippen molar-refractivity contribution in [3.63, 3.8) is 0 Å². The quantitative estimate of drug-likeness (QED) is 0.756. The van der Waals surface area contributed by atoms with Gasteiger partial charge in [-0.25, -0.2) is 0 Å². The number of hydrogen-bond donors (Lipinski definition) is 2. The predicted octanol–water partition coefficient (Wildman–Crippen LogP) is 4.08. The zero-order valence-corrected chi connectivity index (χ0v) is 20.0. The molecule has 1 unspecified atom stereocenters. The summed E-state index contributed by atoms with van der Waals surface area (Å²) in [5.74, 6) is 0.421. The fourth-order valence-corrected chi connectivity index (χ4v) is 4.50. The molecule has 0 radical (unpaired) electrons. The van der Waals surface area contributed by atoms with E-state index in [0.29, 0.717) is 5.75 Å². The van der Waals surface area contributed by atoms with Gasteiger partial charge in [-0.15, -0.1) is 0 Å². The minimum atomic E-state index is -0.164. The number of hydrogen-bond acceptors (Lipinski definition) is 5. The van der Waals surface area contributed by atoms with Crippen molar-refractivity contribution in [2.75, 3.05) is 39.3 Å². The Balaban J connectivity index is 2.11. The number of aromatic nitrogens is 1. The van der Waals surface area contributed by atoms with Gasteiger partial charge in [-0.3, -0.25) is 14.8 Å². The smallest absolute Gasteiger partial charge is 0.123 e. The van der Waals surface area contributed by atoms with E-state index in [9.17, 15) is 10.2 Å². The first-order chi connectivity index (χ1) is 14.5. The summed E-state index contributed by atoms with van der Waals surface area (Å²) in [4.78, 5) is 9.08. The Bertz CT molecular complexity index is 825. The highest BCUT2D eigenvalue weighted by molar-refractivity contribution is 5.51. The van der Waals surface area contributed by atoms with Gasteiger partial charge in [0, 0.05) is 45.1 Å². The average molecular weight is 426 g/mol. The third-order valence-corrected chi connectivity index (χ3v) is 6.27. The van der Waals surface area contributed by atoms with Crippen molar-refractivity contribution < 1.29 is 10.2 Å². The second kappa shape index (κ2) is 9.27. The van der Waals surface area contributed by atoms with Gasteiger partial charge in [-0.05, 0) is 57.3 Å². The second-order valence-electron chi connectivity index (χ2n) is 10.7. The largest absolute Gasteiger partial charge is 0.507 e. The molecule has 0 spiro atoms. The number of piperazine rings is 1. The number of β-amino-alcohol motifs (C(OH)–C–C–N with tert-alkyl or cyclic N) is 1. The summed E-state index contributed by atoms with van der Waals surface area (Å²) < 4.78 is 0. The van der Waals surface area contributed by atoms with Crippen LogP contribution in [0.1, 0.15) is 69.8 Å². The van der Waals surface area contributed by atoms with Gasteiger partial charge in [0.2, 0.25) is 0 Å². The van der Waals surface area contributed by atoms with Crippen LogP contribution in [0.2, 0.25) is 0 Å². The summed E-state index contributed by atoms with van der Waals surface area (Å²) in [6.07, 6.45) is 3.72. The topological polar surface area (TPSA) is 59.8 Å². The molecule has 0 saturated carbocycles. The molecule has 0 amide bonds. The lowest BCUT2D eigenvalue weighted by Gasteiger charge is -2.40. The Labute approximate surface area is 187 Å². The number of nitrogens with zero attached hydrogens (tertiary/aromatic N) is 3. The fourth-order valence-electron chi connectivity index (χ4n) is 4.50. The van der Waals surface area contributed by atoms with E-state index in [-0.39, 0.29) is 23.5 Å². The van der Waals surface area contributed by atoms with Crippen molar-refractivity contribution in [1.29, 1.82) is 0 Å². The van der Waals surface area contributed by atoms with Gasteiger partial charge < -0.3 is 10.2 Å². The molecule has 2 heterocycles. The van der Waals surface area contributed by atoms with Crippen molar-refractivity contribution in [3.8, 4) is 5.75 Å². The first-order valence-corrected chi connectivity index (χ1v) is 11.4. The van der Waals surface area contributed by atoms with Gasteiger partial charge >= 0.3 is 0 Å². The zero-order chi connectivity index (χ0) is 22.8. The predicted molar refractivity (Wildman–Crippen MR) is 127 cm³/mol.